The molecular formula is C18H28BrF. The quantitative estimate of drug-likeness (QED) is 0.305. The average Bonchev–Trinajstić information content (AvgIpc) is 2.47. The van der Waals surface area contributed by atoms with Gasteiger partial charge in [0.1, 0.15) is 5.82 Å². The van der Waals surface area contributed by atoms with Crippen LogP contribution in [0.15, 0.2) is 24.3 Å². The Bertz CT molecular complexity index is 351. The molecule has 1 unspecified atom stereocenters. The van der Waals surface area contributed by atoms with Crippen LogP contribution < -0.4 is 0 Å². The largest absolute Gasteiger partial charge is 0.207 e. The summed E-state index contributed by atoms with van der Waals surface area (Å²) in [6.07, 6.45) is 11.7. The standard InChI is InChI=1S/C18H28BrF/c1-2-3-4-5-6-7-8-9-12-16(15-19)17-13-10-11-14-18(17)20/h10-11,13-14,16H,2-9,12,15H2,1H3. The van der Waals surface area contributed by atoms with Gasteiger partial charge in [0.25, 0.3) is 0 Å². The van der Waals surface area contributed by atoms with E-state index < -0.39 is 0 Å². The second-order valence-corrected chi connectivity index (χ2v) is 6.28. The maximum absolute atomic E-state index is 13.8. The molecule has 0 bridgehead atoms. The van der Waals surface area contributed by atoms with Gasteiger partial charge in [0.15, 0.2) is 0 Å². The summed E-state index contributed by atoms with van der Waals surface area (Å²) >= 11 is 3.53. The summed E-state index contributed by atoms with van der Waals surface area (Å²) in [6, 6.07) is 7.19. The van der Waals surface area contributed by atoms with Crippen LogP contribution >= 0.6 is 15.9 Å². The minimum Gasteiger partial charge on any atom is -0.207 e. The maximum Gasteiger partial charge on any atom is 0.126 e. The van der Waals surface area contributed by atoms with Crippen LogP contribution in [0, 0.1) is 5.82 Å². The zero-order valence-electron chi connectivity index (χ0n) is 12.7. The van der Waals surface area contributed by atoms with Gasteiger partial charge in [0.05, 0.1) is 0 Å². The Hall–Kier alpha value is -0.370. The third-order valence-electron chi connectivity index (χ3n) is 3.94. The lowest BCUT2D eigenvalue weighted by Gasteiger charge is -2.15. The van der Waals surface area contributed by atoms with Crippen LogP contribution in [0.3, 0.4) is 0 Å². The lowest BCUT2D eigenvalue weighted by atomic mass is 9.94. The smallest absolute Gasteiger partial charge is 0.126 e. The van der Waals surface area contributed by atoms with E-state index in [0.717, 1.165) is 17.3 Å². The molecule has 0 spiro atoms. The topological polar surface area (TPSA) is 0 Å². The number of rotatable bonds is 11. The first kappa shape index (κ1) is 17.7. The van der Waals surface area contributed by atoms with Gasteiger partial charge in [-0.1, -0.05) is 92.4 Å². The summed E-state index contributed by atoms with van der Waals surface area (Å²) in [6.45, 7) is 2.25. The van der Waals surface area contributed by atoms with E-state index in [-0.39, 0.29) is 5.82 Å². The van der Waals surface area contributed by atoms with Crippen molar-refractivity contribution in [2.24, 2.45) is 0 Å². The predicted octanol–water partition coefficient (Wildman–Crippen LogP) is 6.84. The number of unbranched alkanes of at least 4 members (excludes halogenated alkanes) is 7. The van der Waals surface area contributed by atoms with Crippen LogP contribution in [0.25, 0.3) is 0 Å². The van der Waals surface area contributed by atoms with Crippen molar-refractivity contribution in [1.82, 2.24) is 0 Å². The molecule has 0 N–H and O–H groups in total. The van der Waals surface area contributed by atoms with Crippen LogP contribution in [0.5, 0.6) is 0 Å². The third-order valence-corrected chi connectivity index (χ3v) is 4.72. The minimum absolute atomic E-state index is 0.0588. The summed E-state index contributed by atoms with van der Waals surface area (Å²) in [7, 11) is 0. The highest BCUT2D eigenvalue weighted by Gasteiger charge is 2.13. The molecule has 114 valence electrons. The fourth-order valence-corrected chi connectivity index (χ4v) is 3.32. The molecule has 1 rings (SSSR count). The van der Waals surface area contributed by atoms with Crippen LogP contribution in [0.2, 0.25) is 0 Å². The zero-order chi connectivity index (χ0) is 14.6. The summed E-state index contributed by atoms with van der Waals surface area (Å²) < 4.78 is 13.8. The highest BCUT2D eigenvalue weighted by molar-refractivity contribution is 9.09. The van der Waals surface area contributed by atoms with E-state index in [1.807, 2.05) is 12.1 Å². The van der Waals surface area contributed by atoms with Crippen LogP contribution in [0.4, 0.5) is 4.39 Å². The van der Waals surface area contributed by atoms with Crippen LogP contribution in [-0.4, -0.2) is 5.33 Å². The van der Waals surface area contributed by atoms with E-state index >= 15 is 0 Å². The monoisotopic (exact) mass is 342 g/mol. The highest BCUT2D eigenvalue weighted by Crippen LogP contribution is 2.26. The van der Waals surface area contributed by atoms with E-state index in [4.69, 9.17) is 0 Å². The van der Waals surface area contributed by atoms with E-state index in [1.54, 1.807) is 12.1 Å². The van der Waals surface area contributed by atoms with Gasteiger partial charge >= 0.3 is 0 Å². The Morgan fingerprint density at radius 3 is 2.15 bits per heavy atom. The molecule has 0 nitrogen and oxygen atoms in total. The second-order valence-electron chi connectivity index (χ2n) is 5.64. The van der Waals surface area contributed by atoms with E-state index in [2.05, 4.69) is 22.9 Å². The fraction of sp³-hybridized carbons (Fsp3) is 0.667. The Morgan fingerprint density at radius 2 is 1.55 bits per heavy atom. The van der Waals surface area contributed by atoms with Crippen LogP contribution in [-0.2, 0) is 0 Å². The van der Waals surface area contributed by atoms with Gasteiger partial charge in [-0.25, -0.2) is 4.39 Å². The van der Waals surface area contributed by atoms with Gasteiger partial charge in [0, 0.05) is 5.33 Å². The molecule has 0 radical (unpaired) electrons. The normalized spacial score (nSPS) is 12.6. The Kier molecular flexibility index (Phi) is 10.00. The third kappa shape index (κ3) is 6.88. The Labute approximate surface area is 132 Å². The molecule has 0 fully saturated rings. The first-order valence-corrected chi connectivity index (χ1v) is 9.22. The molecule has 0 heterocycles. The molecule has 20 heavy (non-hydrogen) atoms. The number of benzene rings is 1. The molecule has 1 aromatic carbocycles. The molecule has 0 aliphatic heterocycles. The van der Waals surface area contributed by atoms with Gasteiger partial charge in [-0.2, -0.15) is 0 Å². The van der Waals surface area contributed by atoms with Gasteiger partial charge in [-0.15, -0.1) is 0 Å². The van der Waals surface area contributed by atoms with Crippen molar-refractivity contribution in [3.05, 3.63) is 35.6 Å². The molecule has 1 atom stereocenters. The van der Waals surface area contributed by atoms with Crippen molar-refractivity contribution in [3.63, 3.8) is 0 Å². The van der Waals surface area contributed by atoms with Gasteiger partial charge < -0.3 is 0 Å². The zero-order valence-corrected chi connectivity index (χ0v) is 14.3. The Morgan fingerprint density at radius 1 is 0.950 bits per heavy atom. The molecule has 0 aromatic heterocycles. The van der Waals surface area contributed by atoms with Crippen molar-refractivity contribution in [1.29, 1.82) is 0 Å². The molecule has 0 amide bonds. The lowest BCUT2D eigenvalue weighted by molar-refractivity contribution is 0.530. The SMILES string of the molecule is CCCCCCCCCCC(CBr)c1ccccc1F. The van der Waals surface area contributed by atoms with Crippen molar-refractivity contribution in [3.8, 4) is 0 Å². The number of halogens is 2. The first-order valence-electron chi connectivity index (χ1n) is 8.10. The van der Waals surface area contributed by atoms with Crippen molar-refractivity contribution in [2.45, 2.75) is 70.6 Å². The fourth-order valence-electron chi connectivity index (χ4n) is 2.65. The maximum atomic E-state index is 13.8. The number of hydrogen-bond acceptors (Lipinski definition) is 0. The second kappa shape index (κ2) is 11.3. The molecular weight excluding hydrogens is 315 g/mol. The average molecular weight is 343 g/mol. The summed E-state index contributed by atoms with van der Waals surface area (Å²) in [4.78, 5) is 0. The molecule has 2 heteroatoms. The van der Waals surface area contributed by atoms with E-state index in [0.29, 0.717) is 5.92 Å². The summed E-state index contributed by atoms with van der Waals surface area (Å²) in [5.74, 6) is 0.257. The van der Waals surface area contributed by atoms with Crippen molar-refractivity contribution < 1.29 is 4.39 Å². The van der Waals surface area contributed by atoms with Gasteiger partial charge in [-0.3, -0.25) is 0 Å². The van der Waals surface area contributed by atoms with Crippen molar-refractivity contribution in [2.75, 3.05) is 5.33 Å². The van der Waals surface area contributed by atoms with Crippen molar-refractivity contribution >= 4 is 15.9 Å². The minimum atomic E-state index is -0.0588. The summed E-state index contributed by atoms with van der Waals surface area (Å²) in [5, 5.41) is 0.852. The Balaban J connectivity index is 2.18. The molecule has 0 aliphatic carbocycles. The molecule has 0 saturated carbocycles. The molecule has 0 aliphatic rings. The molecule has 0 saturated heterocycles. The van der Waals surface area contributed by atoms with Gasteiger partial charge in [0.2, 0.25) is 0 Å². The first-order chi connectivity index (χ1) is 9.79. The number of hydrogen-bond donors (Lipinski definition) is 0. The van der Waals surface area contributed by atoms with Crippen LogP contribution in [0.1, 0.15) is 76.2 Å². The van der Waals surface area contributed by atoms with E-state index in [1.165, 1.54) is 51.4 Å². The predicted molar refractivity (Wildman–Crippen MR) is 90.2 cm³/mol. The summed E-state index contributed by atoms with van der Waals surface area (Å²) in [5.41, 5.74) is 0.868. The lowest BCUT2D eigenvalue weighted by Crippen LogP contribution is -2.03. The molecule has 1 aromatic rings. The van der Waals surface area contributed by atoms with Gasteiger partial charge in [-0.05, 0) is 24.0 Å². The highest BCUT2D eigenvalue weighted by atomic mass is 79.9. The van der Waals surface area contributed by atoms with E-state index in [9.17, 15) is 4.39 Å². The number of alkyl halides is 1.